The Kier molecular flexibility index (Phi) is 5.48. The standard InChI is InChI=1S/C15H28N2O/c1-2-11-17(14-7-9-16-10-8-14)15(18)12-13-5-3-4-6-13/h13-14,16H,2-12H2,1H3. The average Bonchev–Trinajstić information content (AvgIpc) is 2.89. The maximum atomic E-state index is 12.5. The van der Waals surface area contributed by atoms with Crippen LogP contribution in [-0.4, -0.2) is 36.5 Å². The van der Waals surface area contributed by atoms with Crippen molar-refractivity contribution in [1.29, 1.82) is 0 Å². The molecule has 1 aliphatic heterocycles. The maximum Gasteiger partial charge on any atom is 0.223 e. The second kappa shape index (κ2) is 7.13. The van der Waals surface area contributed by atoms with E-state index in [0.29, 0.717) is 17.9 Å². The van der Waals surface area contributed by atoms with Crippen LogP contribution < -0.4 is 5.32 Å². The largest absolute Gasteiger partial charge is 0.340 e. The van der Waals surface area contributed by atoms with Crippen molar-refractivity contribution >= 4 is 5.91 Å². The summed E-state index contributed by atoms with van der Waals surface area (Å²) >= 11 is 0. The summed E-state index contributed by atoms with van der Waals surface area (Å²) in [5.74, 6) is 1.11. The summed E-state index contributed by atoms with van der Waals surface area (Å²) in [6.45, 7) is 5.27. The van der Waals surface area contributed by atoms with E-state index in [1.165, 1.54) is 25.7 Å². The molecule has 0 aromatic rings. The van der Waals surface area contributed by atoms with Crippen LogP contribution in [0.5, 0.6) is 0 Å². The molecule has 1 amide bonds. The molecule has 2 rings (SSSR count). The number of nitrogens with zero attached hydrogens (tertiary/aromatic N) is 1. The summed E-state index contributed by atoms with van der Waals surface area (Å²) in [4.78, 5) is 14.7. The van der Waals surface area contributed by atoms with Crippen LogP contribution in [0.3, 0.4) is 0 Å². The van der Waals surface area contributed by atoms with Crippen molar-refractivity contribution in [2.24, 2.45) is 5.92 Å². The van der Waals surface area contributed by atoms with Gasteiger partial charge in [-0.05, 0) is 51.1 Å². The Bertz CT molecular complexity index is 255. The summed E-state index contributed by atoms with van der Waals surface area (Å²) in [5, 5.41) is 3.39. The van der Waals surface area contributed by atoms with E-state index < -0.39 is 0 Å². The smallest absolute Gasteiger partial charge is 0.223 e. The van der Waals surface area contributed by atoms with Crippen molar-refractivity contribution < 1.29 is 4.79 Å². The summed E-state index contributed by atoms with van der Waals surface area (Å²) in [6.07, 6.45) is 9.38. The van der Waals surface area contributed by atoms with Gasteiger partial charge in [0.25, 0.3) is 0 Å². The summed E-state index contributed by atoms with van der Waals surface area (Å²) in [6, 6.07) is 0.500. The lowest BCUT2D eigenvalue weighted by molar-refractivity contribution is -0.135. The predicted molar refractivity (Wildman–Crippen MR) is 74.5 cm³/mol. The molecule has 3 nitrogen and oxygen atoms in total. The van der Waals surface area contributed by atoms with Gasteiger partial charge in [-0.25, -0.2) is 0 Å². The lowest BCUT2D eigenvalue weighted by Gasteiger charge is -2.35. The molecule has 0 atom stereocenters. The Morgan fingerprint density at radius 1 is 1.17 bits per heavy atom. The van der Waals surface area contributed by atoms with E-state index in [2.05, 4.69) is 17.1 Å². The molecule has 18 heavy (non-hydrogen) atoms. The van der Waals surface area contributed by atoms with Crippen LogP contribution in [0.25, 0.3) is 0 Å². The first-order valence-electron chi connectivity index (χ1n) is 7.81. The van der Waals surface area contributed by atoms with Crippen molar-refractivity contribution in [3.63, 3.8) is 0 Å². The van der Waals surface area contributed by atoms with E-state index in [0.717, 1.165) is 45.3 Å². The minimum absolute atomic E-state index is 0.427. The highest BCUT2D eigenvalue weighted by Crippen LogP contribution is 2.28. The third kappa shape index (κ3) is 3.71. The SMILES string of the molecule is CCCN(C(=O)CC1CCCC1)C1CCNCC1. The van der Waals surface area contributed by atoms with Crippen molar-refractivity contribution in [2.45, 2.75) is 64.3 Å². The third-order valence-electron chi connectivity index (χ3n) is 4.47. The van der Waals surface area contributed by atoms with Gasteiger partial charge in [0.05, 0.1) is 0 Å². The first-order chi connectivity index (χ1) is 8.81. The molecule has 2 aliphatic rings. The van der Waals surface area contributed by atoms with Gasteiger partial charge >= 0.3 is 0 Å². The molecule has 0 unspecified atom stereocenters. The van der Waals surface area contributed by atoms with E-state index in [1.54, 1.807) is 0 Å². The Morgan fingerprint density at radius 3 is 2.44 bits per heavy atom. The molecule has 3 heteroatoms. The minimum Gasteiger partial charge on any atom is -0.340 e. The number of carbonyl (C=O) groups is 1. The van der Waals surface area contributed by atoms with E-state index >= 15 is 0 Å². The number of hydrogen-bond acceptors (Lipinski definition) is 2. The molecule has 1 saturated carbocycles. The second-order valence-corrected chi connectivity index (χ2v) is 5.92. The number of amides is 1. The monoisotopic (exact) mass is 252 g/mol. The topological polar surface area (TPSA) is 32.3 Å². The number of piperidine rings is 1. The van der Waals surface area contributed by atoms with Crippen LogP contribution in [0.4, 0.5) is 0 Å². The number of nitrogens with one attached hydrogen (secondary N) is 1. The Balaban J connectivity index is 1.87. The van der Waals surface area contributed by atoms with E-state index in [-0.39, 0.29) is 0 Å². The van der Waals surface area contributed by atoms with Crippen LogP contribution in [0, 0.1) is 5.92 Å². The first kappa shape index (κ1) is 13.9. The molecule has 0 aromatic carbocycles. The number of rotatable bonds is 5. The Labute approximate surface area is 111 Å². The van der Waals surface area contributed by atoms with Gasteiger partial charge < -0.3 is 10.2 Å². The molecule has 0 spiro atoms. The molecular formula is C15H28N2O. The van der Waals surface area contributed by atoms with Gasteiger partial charge in [0, 0.05) is 19.0 Å². The predicted octanol–water partition coefficient (Wildman–Crippen LogP) is 2.56. The molecule has 104 valence electrons. The third-order valence-corrected chi connectivity index (χ3v) is 4.47. The Hall–Kier alpha value is -0.570. The van der Waals surface area contributed by atoms with Crippen LogP contribution >= 0.6 is 0 Å². The molecule has 1 saturated heterocycles. The zero-order chi connectivity index (χ0) is 12.8. The average molecular weight is 252 g/mol. The maximum absolute atomic E-state index is 12.5. The van der Waals surface area contributed by atoms with E-state index in [9.17, 15) is 4.79 Å². The lowest BCUT2D eigenvalue weighted by atomic mass is 10.00. The highest BCUT2D eigenvalue weighted by Gasteiger charge is 2.27. The molecule has 0 aromatic heterocycles. The van der Waals surface area contributed by atoms with Crippen molar-refractivity contribution in [2.75, 3.05) is 19.6 Å². The van der Waals surface area contributed by atoms with E-state index in [1.807, 2.05) is 0 Å². The molecule has 1 aliphatic carbocycles. The van der Waals surface area contributed by atoms with Crippen molar-refractivity contribution in [3.05, 3.63) is 0 Å². The van der Waals surface area contributed by atoms with Gasteiger partial charge in [-0.15, -0.1) is 0 Å². The molecule has 2 fully saturated rings. The molecule has 1 N–H and O–H groups in total. The highest BCUT2D eigenvalue weighted by molar-refractivity contribution is 5.76. The first-order valence-corrected chi connectivity index (χ1v) is 7.81. The van der Waals surface area contributed by atoms with Crippen molar-refractivity contribution in [3.8, 4) is 0 Å². The molecule has 0 radical (unpaired) electrons. The van der Waals surface area contributed by atoms with Crippen LogP contribution in [0.1, 0.15) is 58.3 Å². The van der Waals surface area contributed by atoms with Crippen LogP contribution in [-0.2, 0) is 4.79 Å². The minimum atomic E-state index is 0.427. The normalized spacial score (nSPS) is 22.3. The molecule has 0 bridgehead atoms. The van der Waals surface area contributed by atoms with Gasteiger partial charge in [0.15, 0.2) is 0 Å². The summed E-state index contributed by atoms with van der Waals surface area (Å²) in [5.41, 5.74) is 0. The summed E-state index contributed by atoms with van der Waals surface area (Å²) in [7, 11) is 0. The summed E-state index contributed by atoms with van der Waals surface area (Å²) < 4.78 is 0. The van der Waals surface area contributed by atoms with Gasteiger partial charge in [-0.3, -0.25) is 4.79 Å². The Morgan fingerprint density at radius 2 is 1.83 bits per heavy atom. The van der Waals surface area contributed by atoms with Gasteiger partial charge in [-0.1, -0.05) is 19.8 Å². The second-order valence-electron chi connectivity index (χ2n) is 5.92. The number of hydrogen-bond donors (Lipinski definition) is 1. The zero-order valence-corrected chi connectivity index (χ0v) is 11.8. The fourth-order valence-corrected chi connectivity index (χ4v) is 3.45. The lowest BCUT2D eigenvalue weighted by Crippen LogP contribution is -2.46. The van der Waals surface area contributed by atoms with Gasteiger partial charge in [-0.2, -0.15) is 0 Å². The highest BCUT2D eigenvalue weighted by atomic mass is 16.2. The van der Waals surface area contributed by atoms with Crippen LogP contribution in [0.2, 0.25) is 0 Å². The van der Waals surface area contributed by atoms with Gasteiger partial charge in [0.2, 0.25) is 5.91 Å². The van der Waals surface area contributed by atoms with Crippen LogP contribution in [0.15, 0.2) is 0 Å². The quantitative estimate of drug-likeness (QED) is 0.815. The fraction of sp³-hybridized carbons (Fsp3) is 0.933. The number of carbonyl (C=O) groups excluding carboxylic acids is 1. The molecule has 1 heterocycles. The van der Waals surface area contributed by atoms with Gasteiger partial charge in [0.1, 0.15) is 0 Å². The van der Waals surface area contributed by atoms with E-state index in [4.69, 9.17) is 0 Å². The molecular weight excluding hydrogens is 224 g/mol. The fourth-order valence-electron chi connectivity index (χ4n) is 3.45. The zero-order valence-electron chi connectivity index (χ0n) is 11.8. The van der Waals surface area contributed by atoms with Crippen molar-refractivity contribution in [1.82, 2.24) is 10.2 Å².